The molecule has 1 aromatic carbocycles. The Labute approximate surface area is 163 Å². The first-order valence-electron chi connectivity index (χ1n) is 9.23. The zero-order chi connectivity index (χ0) is 20.1. The fraction of sp³-hybridized carbons (Fsp3) is 0.286. The molecule has 2 heterocycles. The standard InChI is InChI=1S/C21H24N4O3/c1-4-5-13-24(2)21(27)19-23-18(16-11-8-9-14-25(16)19)20(26)22-15-10-6-7-12-17(15)28-3/h6-12,14H,4-5,13H2,1-3H3,(H,22,26). The summed E-state index contributed by atoms with van der Waals surface area (Å²) in [7, 11) is 3.29. The summed E-state index contributed by atoms with van der Waals surface area (Å²) < 4.78 is 6.94. The van der Waals surface area contributed by atoms with Crippen molar-refractivity contribution >= 4 is 23.0 Å². The highest BCUT2D eigenvalue weighted by Gasteiger charge is 2.24. The van der Waals surface area contributed by atoms with E-state index >= 15 is 0 Å². The number of ether oxygens (including phenoxy) is 1. The van der Waals surface area contributed by atoms with Gasteiger partial charge in [-0.1, -0.05) is 31.5 Å². The number of carbonyl (C=O) groups excluding carboxylic acids is 2. The van der Waals surface area contributed by atoms with Crippen LogP contribution in [0.3, 0.4) is 0 Å². The summed E-state index contributed by atoms with van der Waals surface area (Å²) in [5.74, 6) is 0.156. The molecule has 0 atom stereocenters. The molecule has 7 heteroatoms. The zero-order valence-corrected chi connectivity index (χ0v) is 16.3. The second kappa shape index (κ2) is 8.56. The lowest BCUT2D eigenvalue weighted by Gasteiger charge is -2.15. The Balaban J connectivity index is 1.96. The number of imidazole rings is 1. The van der Waals surface area contributed by atoms with Crippen molar-refractivity contribution in [2.45, 2.75) is 19.8 Å². The lowest BCUT2D eigenvalue weighted by Crippen LogP contribution is -2.29. The van der Waals surface area contributed by atoms with Gasteiger partial charge in [0.25, 0.3) is 11.8 Å². The van der Waals surface area contributed by atoms with Crippen molar-refractivity contribution < 1.29 is 14.3 Å². The minimum atomic E-state index is -0.400. The van der Waals surface area contributed by atoms with Crippen molar-refractivity contribution in [1.29, 1.82) is 0 Å². The highest BCUT2D eigenvalue weighted by atomic mass is 16.5. The number of methoxy groups -OCH3 is 1. The minimum Gasteiger partial charge on any atom is -0.495 e. The number of unbranched alkanes of at least 4 members (excludes halogenated alkanes) is 1. The van der Waals surface area contributed by atoms with Crippen LogP contribution in [0.1, 0.15) is 40.9 Å². The smallest absolute Gasteiger partial charge is 0.289 e. The van der Waals surface area contributed by atoms with Gasteiger partial charge in [-0.25, -0.2) is 4.98 Å². The van der Waals surface area contributed by atoms with Crippen molar-refractivity contribution in [2.75, 3.05) is 26.0 Å². The Morgan fingerprint density at radius 2 is 1.93 bits per heavy atom. The first kappa shape index (κ1) is 19.4. The van der Waals surface area contributed by atoms with Crippen molar-refractivity contribution in [3.8, 4) is 5.75 Å². The quantitative estimate of drug-likeness (QED) is 0.681. The number of rotatable bonds is 7. The Morgan fingerprint density at radius 3 is 2.68 bits per heavy atom. The maximum atomic E-state index is 12.9. The van der Waals surface area contributed by atoms with Crippen LogP contribution >= 0.6 is 0 Å². The molecule has 2 amide bonds. The van der Waals surface area contributed by atoms with E-state index in [1.807, 2.05) is 12.1 Å². The van der Waals surface area contributed by atoms with Crippen LogP contribution in [0.2, 0.25) is 0 Å². The van der Waals surface area contributed by atoms with Crippen molar-refractivity contribution in [3.05, 3.63) is 60.2 Å². The number of pyridine rings is 1. The van der Waals surface area contributed by atoms with Gasteiger partial charge in [-0.05, 0) is 30.7 Å². The summed E-state index contributed by atoms with van der Waals surface area (Å²) >= 11 is 0. The predicted octanol–water partition coefficient (Wildman–Crippen LogP) is 3.47. The molecule has 2 aromatic heterocycles. The maximum Gasteiger partial charge on any atom is 0.289 e. The van der Waals surface area contributed by atoms with Gasteiger partial charge in [0.2, 0.25) is 5.82 Å². The van der Waals surface area contributed by atoms with Gasteiger partial charge >= 0.3 is 0 Å². The third-order valence-corrected chi connectivity index (χ3v) is 4.50. The summed E-state index contributed by atoms with van der Waals surface area (Å²) in [6, 6.07) is 12.5. The van der Waals surface area contributed by atoms with Crippen LogP contribution in [0, 0.1) is 0 Å². The Morgan fingerprint density at radius 1 is 1.18 bits per heavy atom. The highest BCUT2D eigenvalue weighted by molar-refractivity contribution is 6.09. The van der Waals surface area contributed by atoms with Gasteiger partial charge in [-0.3, -0.25) is 14.0 Å². The van der Waals surface area contributed by atoms with E-state index in [9.17, 15) is 9.59 Å². The lowest BCUT2D eigenvalue weighted by atomic mass is 10.2. The number of amides is 2. The molecular weight excluding hydrogens is 356 g/mol. The number of hydrogen-bond acceptors (Lipinski definition) is 4. The van der Waals surface area contributed by atoms with E-state index < -0.39 is 5.91 Å². The predicted molar refractivity (Wildman–Crippen MR) is 108 cm³/mol. The maximum absolute atomic E-state index is 12.9. The third-order valence-electron chi connectivity index (χ3n) is 4.50. The molecule has 3 rings (SSSR count). The molecule has 0 fully saturated rings. The summed E-state index contributed by atoms with van der Waals surface area (Å²) in [6.45, 7) is 2.71. The van der Waals surface area contributed by atoms with E-state index in [0.29, 0.717) is 23.5 Å². The first-order valence-corrected chi connectivity index (χ1v) is 9.23. The van der Waals surface area contributed by atoms with Crippen LogP contribution in [0.25, 0.3) is 5.52 Å². The second-order valence-electron chi connectivity index (χ2n) is 6.47. The Bertz CT molecular complexity index is 996. The molecular formula is C21H24N4O3. The van der Waals surface area contributed by atoms with E-state index in [1.54, 1.807) is 60.0 Å². The zero-order valence-electron chi connectivity index (χ0n) is 16.3. The molecule has 0 aliphatic heterocycles. The number of aromatic nitrogens is 2. The molecule has 0 spiro atoms. The Hall–Kier alpha value is -3.35. The highest BCUT2D eigenvalue weighted by Crippen LogP contribution is 2.24. The van der Waals surface area contributed by atoms with Crippen molar-refractivity contribution in [3.63, 3.8) is 0 Å². The van der Waals surface area contributed by atoms with Crippen molar-refractivity contribution in [2.24, 2.45) is 0 Å². The van der Waals surface area contributed by atoms with Crippen LogP contribution in [-0.4, -0.2) is 46.8 Å². The fourth-order valence-electron chi connectivity index (χ4n) is 2.95. The number of anilines is 1. The third kappa shape index (κ3) is 3.83. The lowest BCUT2D eigenvalue weighted by molar-refractivity contribution is 0.0780. The number of nitrogens with zero attached hydrogens (tertiary/aromatic N) is 3. The van der Waals surface area contributed by atoms with Crippen LogP contribution in [0.5, 0.6) is 5.75 Å². The normalized spacial score (nSPS) is 10.7. The number of nitrogens with one attached hydrogen (secondary N) is 1. The molecule has 0 saturated heterocycles. The van der Waals surface area contributed by atoms with E-state index in [-0.39, 0.29) is 17.4 Å². The molecule has 0 aliphatic rings. The van der Waals surface area contributed by atoms with Gasteiger partial charge in [-0.15, -0.1) is 0 Å². The molecule has 28 heavy (non-hydrogen) atoms. The largest absolute Gasteiger partial charge is 0.495 e. The number of benzene rings is 1. The average Bonchev–Trinajstić information content (AvgIpc) is 3.11. The fourth-order valence-corrected chi connectivity index (χ4v) is 2.95. The topological polar surface area (TPSA) is 75.9 Å². The molecule has 0 bridgehead atoms. The molecule has 0 unspecified atom stereocenters. The minimum absolute atomic E-state index is 0.193. The molecule has 0 radical (unpaired) electrons. The van der Waals surface area contributed by atoms with Crippen LogP contribution < -0.4 is 10.1 Å². The van der Waals surface area contributed by atoms with Crippen molar-refractivity contribution in [1.82, 2.24) is 14.3 Å². The number of fused-ring (bicyclic) bond motifs is 1. The SMILES string of the molecule is CCCCN(C)C(=O)c1nc(C(=O)Nc2ccccc2OC)c2ccccn12. The number of carbonyl (C=O) groups is 2. The van der Waals surface area contributed by atoms with E-state index in [4.69, 9.17) is 4.74 Å². The summed E-state index contributed by atoms with van der Waals surface area (Å²) in [6.07, 6.45) is 3.64. The molecule has 3 aromatic rings. The summed E-state index contributed by atoms with van der Waals surface area (Å²) in [5, 5.41) is 2.82. The molecule has 1 N–H and O–H groups in total. The van der Waals surface area contributed by atoms with Crippen LogP contribution in [-0.2, 0) is 0 Å². The van der Waals surface area contributed by atoms with Gasteiger partial charge in [0.1, 0.15) is 5.75 Å². The van der Waals surface area contributed by atoms with Gasteiger partial charge in [-0.2, -0.15) is 0 Å². The van der Waals surface area contributed by atoms with Gasteiger partial charge in [0, 0.05) is 19.8 Å². The summed E-state index contributed by atoms with van der Waals surface area (Å²) in [5.41, 5.74) is 1.31. The second-order valence-corrected chi connectivity index (χ2v) is 6.47. The van der Waals surface area contributed by atoms with E-state index in [2.05, 4.69) is 17.2 Å². The van der Waals surface area contributed by atoms with Gasteiger partial charge in [0.05, 0.1) is 18.3 Å². The molecule has 0 aliphatic carbocycles. The number of para-hydroxylation sites is 2. The molecule has 0 saturated carbocycles. The van der Waals surface area contributed by atoms with Gasteiger partial charge in [0.15, 0.2) is 5.69 Å². The monoisotopic (exact) mass is 380 g/mol. The first-order chi connectivity index (χ1) is 13.6. The number of hydrogen-bond donors (Lipinski definition) is 1. The van der Waals surface area contributed by atoms with Crippen LogP contribution in [0.15, 0.2) is 48.7 Å². The summed E-state index contributed by atoms with van der Waals surface area (Å²) in [4.78, 5) is 31.8. The average molecular weight is 380 g/mol. The van der Waals surface area contributed by atoms with Gasteiger partial charge < -0.3 is 15.0 Å². The van der Waals surface area contributed by atoms with E-state index in [0.717, 1.165) is 12.8 Å². The molecule has 146 valence electrons. The molecule has 7 nitrogen and oxygen atoms in total. The van der Waals surface area contributed by atoms with Crippen LogP contribution in [0.4, 0.5) is 5.69 Å². The Kier molecular flexibility index (Phi) is 5.93. The van der Waals surface area contributed by atoms with E-state index in [1.165, 1.54) is 0 Å².